The van der Waals surface area contributed by atoms with Crippen LogP contribution in [0.4, 0.5) is 0 Å². The van der Waals surface area contributed by atoms with Crippen LogP contribution < -0.4 is 10.1 Å². The molecule has 0 bridgehead atoms. The summed E-state index contributed by atoms with van der Waals surface area (Å²) >= 11 is 0. The zero-order valence-electron chi connectivity index (χ0n) is 14.3. The van der Waals surface area contributed by atoms with E-state index in [0.29, 0.717) is 12.3 Å². The van der Waals surface area contributed by atoms with Crippen molar-refractivity contribution in [1.29, 1.82) is 0 Å². The first kappa shape index (κ1) is 18.9. The average Bonchev–Trinajstić information content (AvgIpc) is 3.12. The van der Waals surface area contributed by atoms with Crippen LogP contribution in [0.3, 0.4) is 0 Å². The highest BCUT2D eigenvalue weighted by atomic mass is 32.2. The molecule has 8 nitrogen and oxygen atoms in total. The molecule has 0 fully saturated rings. The average molecular weight is 366 g/mol. The van der Waals surface area contributed by atoms with Crippen LogP contribution in [0, 0.1) is 0 Å². The van der Waals surface area contributed by atoms with Gasteiger partial charge in [0, 0.05) is 32.5 Å². The first-order chi connectivity index (χ1) is 11.9. The monoisotopic (exact) mass is 366 g/mol. The SMILES string of the molecule is COc1ccc(S(=O)(=O)N(C)CC(=O)NCCCn2ccnc2)cc1. The highest BCUT2D eigenvalue weighted by Gasteiger charge is 2.22. The van der Waals surface area contributed by atoms with Crippen molar-refractivity contribution in [1.82, 2.24) is 19.2 Å². The molecule has 2 aromatic rings. The van der Waals surface area contributed by atoms with Crippen LogP contribution in [0.1, 0.15) is 6.42 Å². The Morgan fingerprint density at radius 2 is 2.04 bits per heavy atom. The summed E-state index contributed by atoms with van der Waals surface area (Å²) in [6, 6.07) is 6.04. The molecule has 1 N–H and O–H groups in total. The number of nitrogens with zero attached hydrogens (tertiary/aromatic N) is 3. The van der Waals surface area contributed by atoms with Gasteiger partial charge < -0.3 is 14.6 Å². The number of hydrogen-bond acceptors (Lipinski definition) is 5. The van der Waals surface area contributed by atoms with Crippen molar-refractivity contribution in [2.24, 2.45) is 0 Å². The molecule has 136 valence electrons. The third-order valence-electron chi connectivity index (χ3n) is 3.61. The van der Waals surface area contributed by atoms with E-state index in [4.69, 9.17) is 4.74 Å². The van der Waals surface area contributed by atoms with Crippen LogP contribution in [-0.2, 0) is 21.4 Å². The number of ether oxygens (including phenoxy) is 1. The van der Waals surface area contributed by atoms with E-state index >= 15 is 0 Å². The molecule has 0 aliphatic carbocycles. The van der Waals surface area contributed by atoms with Crippen molar-refractivity contribution in [3.05, 3.63) is 43.0 Å². The molecule has 1 amide bonds. The lowest BCUT2D eigenvalue weighted by atomic mass is 10.3. The van der Waals surface area contributed by atoms with Gasteiger partial charge in [0.25, 0.3) is 0 Å². The number of amides is 1. The number of aryl methyl sites for hydroxylation is 1. The van der Waals surface area contributed by atoms with Gasteiger partial charge in [-0.05, 0) is 30.7 Å². The van der Waals surface area contributed by atoms with Gasteiger partial charge in [0.15, 0.2) is 0 Å². The Balaban J connectivity index is 1.82. The predicted molar refractivity (Wildman–Crippen MR) is 92.7 cm³/mol. The van der Waals surface area contributed by atoms with Crippen LogP contribution in [-0.4, -0.2) is 55.4 Å². The van der Waals surface area contributed by atoms with E-state index in [0.717, 1.165) is 17.3 Å². The second-order valence-electron chi connectivity index (χ2n) is 5.44. The second kappa shape index (κ2) is 8.63. The minimum absolute atomic E-state index is 0.115. The van der Waals surface area contributed by atoms with E-state index in [2.05, 4.69) is 10.3 Å². The molecule has 25 heavy (non-hydrogen) atoms. The molecule has 0 saturated carbocycles. The van der Waals surface area contributed by atoms with Gasteiger partial charge >= 0.3 is 0 Å². The van der Waals surface area contributed by atoms with Gasteiger partial charge in [-0.1, -0.05) is 0 Å². The fourth-order valence-corrected chi connectivity index (χ4v) is 3.31. The van der Waals surface area contributed by atoms with Crippen molar-refractivity contribution < 1.29 is 17.9 Å². The van der Waals surface area contributed by atoms with E-state index in [-0.39, 0.29) is 17.3 Å². The quantitative estimate of drug-likeness (QED) is 0.660. The van der Waals surface area contributed by atoms with Gasteiger partial charge in [-0.25, -0.2) is 13.4 Å². The lowest BCUT2D eigenvalue weighted by Gasteiger charge is -2.17. The van der Waals surface area contributed by atoms with Crippen LogP contribution in [0.5, 0.6) is 5.75 Å². The number of methoxy groups -OCH3 is 1. The lowest BCUT2D eigenvalue weighted by molar-refractivity contribution is -0.121. The number of nitrogens with one attached hydrogen (secondary N) is 1. The number of carbonyl (C=O) groups excluding carboxylic acids is 1. The van der Waals surface area contributed by atoms with Crippen LogP contribution in [0.2, 0.25) is 0 Å². The van der Waals surface area contributed by atoms with E-state index in [1.165, 1.54) is 26.3 Å². The second-order valence-corrected chi connectivity index (χ2v) is 7.49. The smallest absolute Gasteiger partial charge is 0.243 e. The lowest BCUT2D eigenvalue weighted by Crippen LogP contribution is -2.38. The zero-order chi connectivity index (χ0) is 18.3. The maximum Gasteiger partial charge on any atom is 0.243 e. The number of aromatic nitrogens is 2. The zero-order valence-corrected chi connectivity index (χ0v) is 15.1. The molecule has 0 aliphatic heterocycles. The minimum Gasteiger partial charge on any atom is -0.497 e. The molecule has 1 aromatic carbocycles. The number of hydrogen-bond donors (Lipinski definition) is 1. The molecule has 1 heterocycles. The van der Waals surface area contributed by atoms with Gasteiger partial charge in [-0.15, -0.1) is 0 Å². The van der Waals surface area contributed by atoms with Gasteiger partial charge in [0.05, 0.1) is 24.9 Å². The molecule has 9 heteroatoms. The highest BCUT2D eigenvalue weighted by molar-refractivity contribution is 7.89. The number of sulfonamides is 1. The standard InChI is InChI=1S/C16H22N4O4S/c1-19(25(22,23)15-6-4-14(24-2)5-7-15)12-16(21)18-8-3-10-20-11-9-17-13-20/h4-7,9,11,13H,3,8,10,12H2,1-2H3,(H,18,21). The van der Waals surface area contributed by atoms with E-state index in [9.17, 15) is 13.2 Å². The van der Waals surface area contributed by atoms with Gasteiger partial charge in [0.2, 0.25) is 15.9 Å². The van der Waals surface area contributed by atoms with E-state index < -0.39 is 10.0 Å². The summed E-state index contributed by atoms with van der Waals surface area (Å²) in [5.74, 6) is 0.224. The van der Waals surface area contributed by atoms with Crippen LogP contribution in [0.15, 0.2) is 47.9 Å². The number of imidazole rings is 1. The summed E-state index contributed by atoms with van der Waals surface area (Å²) in [6.07, 6.45) is 5.97. The molecule has 0 radical (unpaired) electrons. The molecule has 0 atom stereocenters. The Morgan fingerprint density at radius 3 is 2.64 bits per heavy atom. The number of likely N-dealkylation sites (N-methyl/N-ethyl adjacent to an activating group) is 1. The maximum atomic E-state index is 12.4. The molecule has 1 aromatic heterocycles. The summed E-state index contributed by atoms with van der Waals surface area (Å²) in [5.41, 5.74) is 0. The van der Waals surface area contributed by atoms with Crippen molar-refractivity contribution in [3.8, 4) is 5.75 Å². The first-order valence-corrected chi connectivity index (χ1v) is 9.20. The van der Waals surface area contributed by atoms with Gasteiger partial charge in [0.1, 0.15) is 5.75 Å². The van der Waals surface area contributed by atoms with Crippen molar-refractivity contribution in [2.75, 3.05) is 27.2 Å². The number of carbonyl (C=O) groups is 1. The highest BCUT2D eigenvalue weighted by Crippen LogP contribution is 2.18. The third-order valence-corrected chi connectivity index (χ3v) is 5.43. The Kier molecular flexibility index (Phi) is 6.54. The van der Waals surface area contributed by atoms with Crippen molar-refractivity contribution >= 4 is 15.9 Å². The first-order valence-electron chi connectivity index (χ1n) is 7.76. The summed E-state index contributed by atoms with van der Waals surface area (Å²) in [4.78, 5) is 16.0. The van der Waals surface area contributed by atoms with Crippen LogP contribution >= 0.6 is 0 Å². The largest absolute Gasteiger partial charge is 0.497 e. The molecular weight excluding hydrogens is 344 g/mol. The fourth-order valence-electron chi connectivity index (χ4n) is 2.18. The maximum absolute atomic E-state index is 12.4. The molecule has 0 unspecified atom stereocenters. The Morgan fingerprint density at radius 1 is 1.32 bits per heavy atom. The Labute approximate surface area is 147 Å². The molecule has 0 saturated heterocycles. The predicted octanol–water partition coefficient (Wildman–Crippen LogP) is 0.719. The molecule has 0 aliphatic rings. The number of rotatable bonds is 9. The summed E-state index contributed by atoms with van der Waals surface area (Å²) in [6.45, 7) is 0.965. The normalized spacial score (nSPS) is 11.5. The van der Waals surface area contributed by atoms with E-state index in [1.54, 1.807) is 24.7 Å². The molecule has 0 spiro atoms. The van der Waals surface area contributed by atoms with Crippen LogP contribution in [0.25, 0.3) is 0 Å². The Bertz CT molecular complexity index is 773. The molecule has 2 rings (SSSR count). The van der Waals surface area contributed by atoms with Crippen molar-refractivity contribution in [2.45, 2.75) is 17.9 Å². The van der Waals surface area contributed by atoms with E-state index in [1.807, 2.05) is 10.8 Å². The fraction of sp³-hybridized carbons (Fsp3) is 0.375. The third kappa shape index (κ3) is 5.30. The summed E-state index contributed by atoms with van der Waals surface area (Å²) in [7, 11) is -0.834. The van der Waals surface area contributed by atoms with Crippen molar-refractivity contribution in [3.63, 3.8) is 0 Å². The Hall–Kier alpha value is -2.39. The van der Waals surface area contributed by atoms with Gasteiger partial charge in [-0.2, -0.15) is 4.31 Å². The summed E-state index contributed by atoms with van der Waals surface area (Å²) < 4.78 is 32.8. The van der Waals surface area contributed by atoms with Gasteiger partial charge in [-0.3, -0.25) is 4.79 Å². The minimum atomic E-state index is -3.72. The molecular formula is C16H22N4O4S. The topological polar surface area (TPSA) is 93.5 Å². The summed E-state index contributed by atoms with van der Waals surface area (Å²) in [5, 5.41) is 2.72. The number of benzene rings is 1.